The Morgan fingerprint density at radius 3 is 2.47 bits per heavy atom. The molecule has 0 heterocycles. The second-order valence-electron chi connectivity index (χ2n) is 6.06. The summed E-state index contributed by atoms with van der Waals surface area (Å²) in [5, 5.41) is 10.2. The fraction of sp³-hybridized carbons (Fsp3) is 0.647. The van der Waals surface area contributed by atoms with Gasteiger partial charge in [0.2, 0.25) is 0 Å². The molecule has 0 unspecified atom stereocenters. The van der Waals surface area contributed by atoms with E-state index in [-0.39, 0.29) is 12.1 Å². The Labute approximate surface area is 117 Å². The van der Waals surface area contributed by atoms with Crippen LogP contribution in [0.3, 0.4) is 0 Å². The van der Waals surface area contributed by atoms with Crippen LogP contribution in [-0.2, 0) is 0 Å². The van der Waals surface area contributed by atoms with E-state index in [0.717, 1.165) is 0 Å². The van der Waals surface area contributed by atoms with Crippen LogP contribution in [0.1, 0.15) is 56.2 Å². The predicted octanol–water partition coefficient (Wildman–Crippen LogP) is 3.68. The van der Waals surface area contributed by atoms with Crippen molar-refractivity contribution in [1.29, 1.82) is 0 Å². The van der Waals surface area contributed by atoms with Gasteiger partial charge in [-0.2, -0.15) is 0 Å². The maximum Gasteiger partial charge on any atom is 0.0708 e. The van der Waals surface area contributed by atoms with E-state index in [1.165, 1.54) is 43.2 Å². The summed E-state index contributed by atoms with van der Waals surface area (Å²) in [5.74, 6) is 0. The van der Waals surface area contributed by atoms with Crippen LogP contribution >= 0.6 is 0 Å². The molecule has 1 aromatic rings. The van der Waals surface area contributed by atoms with Gasteiger partial charge in [0, 0.05) is 6.04 Å². The third kappa shape index (κ3) is 3.58. The molecule has 0 spiro atoms. The zero-order valence-corrected chi connectivity index (χ0v) is 12.5. The first-order valence-corrected chi connectivity index (χ1v) is 7.56. The van der Waals surface area contributed by atoms with Gasteiger partial charge in [-0.05, 0) is 39.3 Å². The number of hydrogen-bond acceptors (Lipinski definition) is 2. The van der Waals surface area contributed by atoms with E-state index in [0.29, 0.717) is 6.04 Å². The van der Waals surface area contributed by atoms with Crippen molar-refractivity contribution in [2.45, 2.75) is 64.1 Å². The average molecular weight is 261 g/mol. The Balaban J connectivity index is 2.19. The van der Waals surface area contributed by atoms with Crippen molar-refractivity contribution >= 4 is 0 Å². The van der Waals surface area contributed by atoms with Crippen molar-refractivity contribution in [1.82, 2.24) is 4.90 Å². The first-order valence-electron chi connectivity index (χ1n) is 7.56. The van der Waals surface area contributed by atoms with Crippen LogP contribution in [0.2, 0.25) is 0 Å². The van der Waals surface area contributed by atoms with E-state index in [9.17, 15) is 5.11 Å². The molecule has 2 rings (SSSR count). The van der Waals surface area contributed by atoms with E-state index in [1.807, 2.05) is 6.92 Å². The second kappa shape index (κ2) is 6.53. The molecule has 1 aliphatic carbocycles. The number of aryl methyl sites for hydroxylation is 1. The highest BCUT2D eigenvalue weighted by Gasteiger charge is 2.28. The van der Waals surface area contributed by atoms with Crippen LogP contribution in [0.25, 0.3) is 0 Å². The molecular weight excluding hydrogens is 234 g/mol. The standard InChI is InChI=1S/C17H27NO/c1-13-8-7-9-15(12-13)17(14(2)19)18(3)16-10-5-4-6-11-16/h7-9,12,14,16-17,19H,4-6,10-11H2,1-3H3/t14-,17-/m0/s1. The topological polar surface area (TPSA) is 23.5 Å². The third-order valence-corrected chi connectivity index (χ3v) is 4.43. The van der Waals surface area contributed by atoms with Crippen LogP contribution in [0.4, 0.5) is 0 Å². The Bertz CT molecular complexity index is 396. The van der Waals surface area contributed by atoms with Crippen molar-refractivity contribution < 1.29 is 5.11 Å². The van der Waals surface area contributed by atoms with Gasteiger partial charge in [-0.25, -0.2) is 0 Å². The summed E-state index contributed by atoms with van der Waals surface area (Å²) in [5.41, 5.74) is 2.50. The predicted molar refractivity (Wildman–Crippen MR) is 80.2 cm³/mol. The minimum atomic E-state index is -0.339. The summed E-state index contributed by atoms with van der Waals surface area (Å²) in [6.07, 6.45) is 6.23. The van der Waals surface area contributed by atoms with Gasteiger partial charge >= 0.3 is 0 Å². The fourth-order valence-corrected chi connectivity index (χ4v) is 3.42. The largest absolute Gasteiger partial charge is 0.391 e. The molecule has 0 bridgehead atoms. The van der Waals surface area contributed by atoms with Crippen LogP contribution in [0, 0.1) is 6.92 Å². The van der Waals surface area contributed by atoms with Crippen LogP contribution in [0.15, 0.2) is 24.3 Å². The molecule has 2 atom stereocenters. The minimum Gasteiger partial charge on any atom is -0.391 e. The van der Waals surface area contributed by atoms with E-state index in [1.54, 1.807) is 0 Å². The van der Waals surface area contributed by atoms with Gasteiger partial charge in [-0.15, -0.1) is 0 Å². The quantitative estimate of drug-likeness (QED) is 0.893. The van der Waals surface area contributed by atoms with Gasteiger partial charge in [0.15, 0.2) is 0 Å². The Morgan fingerprint density at radius 2 is 1.89 bits per heavy atom. The smallest absolute Gasteiger partial charge is 0.0708 e. The fourth-order valence-electron chi connectivity index (χ4n) is 3.42. The molecule has 0 saturated heterocycles. The van der Waals surface area contributed by atoms with Crippen molar-refractivity contribution in [2.75, 3.05) is 7.05 Å². The first kappa shape index (κ1) is 14.5. The summed E-state index contributed by atoms with van der Waals surface area (Å²) >= 11 is 0. The number of nitrogens with zero attached hydrogens (tertiary/aromatic N) is 1. The summed E-state index contributed by atoms with van der Waals surface area (Å²) in [6, 6.07) is 9.29. The highest BCUT2D eigenvalue weighted by Crippen LogP contribution is 2.31. The highest BCUT2D eigenvalue weighted by molar-refractivity contribution is 5.26. The lowest BCUT2D eigenvalue weighted by Gasteiger charge is -2.39. The Morgan fingerprint density at radius 1 is 1.21 bits per heavy atom. The SMILES string of the molecule is Cc1cccc([C@H]([C@H](C)O)N(C)C2CCCCC2)c1. The highest BCUT2D eigenvalue weighted by atomic mass is 16.3. The summed E-state index contributed by atoms with van der Waals surface area (Å²) in [6.45, 7) is 4.02. The van der Waals surface area contributed by atoms with E-state index >= 15 is 0 Å². The minimum absolute atomic E-state index is 0.114. The maximum atomic E-state index is 10.2. The molecule has 1 aromatic carbocycles. The van der Waals surface area contributed by atoms with Crippen molar-refractivity contribution in [2.24, 2.45) is 0 Å². The molecule has 1 aliphatic rings. The average Bonchev–Trinajstić information content (AvgIpc) is 2.39. The molecule has 0 aliphatic heterocycles. The van der Waals surface area contributed by atoms with Crippen LogP contribution in [-0.4, -0.2) is 29.2 Å². The zero-order chi connectivity index (χ0) is 13.8. The van der Waals surface area contributed by atoms with Crippen LogP contribution < -0.4 is 0 Å². The Hall–Kier alpha value is -0.860. The lowest BCUT2D eigenvalue weighted by molar-refractivity contribution is 0.0394. The summed E-state index contributed by atoms with van der Waals surface area (Å²) < 4.78 is 0. The molecule has 2 nitrogen and oxygen atoms in total. The molecular formula is C17H27NO. The van der Waals surface area contributed by atoms with E-state index in [4.69, 9.17) is 0 Å². The lowest BCUT2D eigenvalue weighted by atomic mass is 9.91. The Kier molecular flexibility index (Phi) is 5.00. The zero-order valence-electron chi connectivity index (χ0n) is 12.5. The molecule has 1 saturated carbocycles. The maximum absolute atomic E-state index is 10.2. The molecule has 0 aromatic heterocycles. The van der Waals surface area contributed by atoms with Gasteiger partial charge < -0.3 is 5.11 Å². The van der Waals surface area contributed by atoms with Crippen molar-refractivity contribution in [3.63, 3.8) is 0 Å². The van der Waals surface area contributed by atoms with E-state index in [2.05, 4.69) is 43.1 Å². The second-order valence-corrected chi connectivity index (χ2v) is 6.06. The molecule has 106 valence electrons. The number of rotatable bonds is 4. The number of aliphatic hydroxyl groups is 1. The number of aliphatic hydroxyl groups excluding tert-OH is 1. The monoisotopic (exact) mass is 261 g/mol. The third-order valence-electron chi connectivity index (χ3n) is 4.43. The van der Waals surface area contributed by atoms with Gasteiger partial charge in [0.1, 0.15) is 0 Å². The molecule has 2 heteroatoms. The number of hydrogen-bond donors (Lipinski definition) is 1. The van der Waals surface area contributed by atoms with Gasteiger partial charge in [-0.3, -0.25) is 4.90 Å². The lowest BCUT2D eigenvalue weighted by Crippen LogP contribution is -2.40. The molecule has 0 radical (unpaired) electrons. The van der Waals surface area contributed by atoms with Crippen molar-refractivity contribution in [3.05, 3.63) is 35.4 Å². The van der Waals surface area contributed by atoms with E-state index < -0.39 is 0 Å². The number of benzene rings is 1. The molecule has 1 N–H and O–H groups in total. The molecule has 19 heavy (non-hydrogen) atoms. The normalized spacial score (nSPS) is 20.5. The molecule has 0 amide bonds. The first-order chi connectivity index (χ1) is 9.09. The van der Waals surface area contributed by atoms with Crippen molar-refractivity contribution in [3.8, 4) is 0 Å². The van der Waals surface area contributed by atoms with Crippen LogP contribution in [0.5, 0.6) is 0 Å². The summed E-state index contributed by atoms with van der Waals surface area (Å²) in [4.78, 5) is 2.40. The number of likely N-dealkylation sites (N-methyl/N-ethyl adjacent to an activating group) is 1. The van der Waals surface area contributed by atoms with Gasteiger partial charge in [-0.1, -0.05) is 49.1 Å². The molecule has 1 fully saturated rings. The van der Waals surface area contributed by atoms with Gasteiger partial charge in [0.25, 0.3) is 0 Å². The van der Waals surface area contributed by atoms with Gasteiger partial charge in [0.05, 0.1) is 12.1 Å². The summed E-state index contributed by atoms with van der Waals surface area (Å²) in [7, 11) is 2.18.